The molecular weight excluding hydrogens is 396 g/mol. The maximum atomic E-state index is 13.0. The van der Waals surface area contributed by atoms with E-state index in [4.69, 9.17) is 11.6 Å². The normalized spacial score (nSPS) is 13.4. The molecule has 2 N–H and O–H groups in total. The van der Waals surface area contributed by atoms with Gasteiger partial charge in [-0.15, -0.1) is 0 Å². The summed E-state index contributed by atoms with van der Waals surface area (Å²) in [6.07, 6.45) is 3.83. The second-order valence-corrected chi connectivity index (χ2v) is 8.00. The smallest absolute Gasteiger partial charge is 0.251 e. The fourth-order valence-corrected chi connectivity index (χ4v) is 3.83. The zero-order valence-corrected chi connectivity index (χ0v) is 16.9. The molecule has 0 saturated heterocycles. The van der Waals surface area contributed by atoms with Gasteiger partial charge in [-0.05, 0) is 42.7 Å². The zero-order valence-electron chi connectivity index (χ0n) is 16.1. The summed E-state index contributed by atoms with van der Waals surface area (Å²) in [5.74, 6) is -0.121. The number of halogens is 1. The average molecular weight is 415 g/mol. The van der Waals surface area contributed by atoms with E-state index >= 15 is 0 Å². The Balaban J connectivity index is 1.43. The number of aromatic nitrogens is 1. The second kappa shape index (κ2) is 7.47. The van der Waals surface area contributed by atoms with E-state index < -0.39 is 0 Å². The molecule has 1 aliphatic carbocycles. The van der Waals surface area contributed by atoms with Crippen molar-refractivity contribution in [3.63, 3.8) is 0 Å². The molecule has 1 aliphatic rings. The Labute approximate surface area is 178 Å². The van der Waals surface area contributed by atoms with Crippen LogP contribution < -0.4 is 5.32 Å². The van der Waals surface area contributed by atoms with Gasteiger partial charge in [0.05, 0.1) is 0 Å². The summed E-state index contributed by atoms with van der Waals surface area (Å²) in [6.45, 7) is 0. The summed E-state index contributed by atoms with van der Waals surface area (Å²) >= 11 is 6.40. The number of carbonyl (C=O) groups excluding carboxylic acids is 2. The van der Waals surface area contributed by atoms with Gasteiger partial charge in [-0.2, -0.15) is 0 Å². The zero-order chi connectivity index (χ0) is 20.7. The van der Waals surface area contributed by atoms with Crippen molar-refractivity contribution in [3.8, 4) is 11.1 Å². The van der Waals surface area contributed by atoms with Gasteiger partial charge in [-0.25, -0.2) is 0 Å². The van der Waals surface area contributed by atoms with Crippen molar-refractivity contribution in [3.05, 3.63) is 94.6 Å². The topological polar surface area (TPSA) is 62.0 Å². The van der Waals surface area contributed by atoms with Crippen LogP contribution in [-0.2, 0) is 0 Å². The molecule has 3 aromatic carbocycles. The third-order valence-electron chi connectivity index (χ3n) is 5.43. The number of carbonyl (C=O) groups is 2. The summed E-state index contributed by atoms with van der Waals surface area (Å²) in [5, 5.41) is 4.46. The predicted molar refractivity (Wildman–Crippen MR) is 119 cm³/mol. The fraction of sp³-hybridized carbons (Fsp3) is 0.120. The molecule has 0 aliphatic heterocycles. The first-order chi connectivity index (χ1) is 14.6. The summed E-state index contributed by atoms with van der Waals surface area (Å²) < 4.78 is 0. The van der Waals surface area contributed by atoms with Crippen molar-refractivity contribution in [2.24, 2.45) is 0 Å². The lowest BCUT2D eigenvalue weighted by atomic mass is 9.98. The number of benzene rings is 3. The van der Waals surface area contributed by atoms with E-state index in [2.05, 4.69) is 10.3 Å². The van der Waals surface area contributed by atoms with E-state index in [0.29, 0.717) is 27.8 Å². The molecule has 148 valence electrons. The minimum Gasteiger partial charge on any atom is -0.360 e. The maximum absolute atomic E-state index is 13.0. The van der Waals surface area contributed by atoms with Crippen LogP contribution in [0.1, 0.15) is 39.1 Å². The molecule has 1 heterocycles. The van der Waals surface area contributed by atoms with E-state index in [9.17, 15) is 9.59 Å². The molecule has 4 nitrogen and oxygen atoms in total. The van der Waals surface area contributed by atoms with E-state index in [1.807, 2.05) is 36.4 Å². The highest BCUT2D eigenvalue weighted by Gasteiger charge is 2.24. The van der Waals surface area contributed by atoms with Crippen LogP contribution in [0.3, 0.4) is 0 Å². The van der Waals surface area contributed by atoms with Gasteiger partial charge in [0, 0.05) is 50.4 Å². The Morgan fingerprint density at radius 2 is 1.67 bits per heavy atom. The highest BCUT2D eigenvalue weighted by molar-refractivity contribution is 6.33. The summed E-state index contributed by atoms with van der Waals surface area (Å²) in [6, 6.07) is 20.6. The average Bonchev–Trinajstić information content (AvgIpc) is 3.48. The third kappa shape index (κ3) is 3.51. The number of rotatable bonds is 5. The number of H-pyrrole nitrogens is 1. The molecule has 5 heteroatoms. The van der Waals surface area contributed by atoms with Crippen molar-refractivity contribution >= 4 is 34.2 Å². The van der Waals surface area contributed by atoms with Crippen molar-refractivity contribution in [1.29, 1.82) is 0 Å². The molecule has 1 amide bonds. The molecule has 1 aromatic heterocycles. The first kappa shape index (κ1) is 18.6. The maximum Gasteiger partial charge on any atom is 0.251 e. The van der Waals surface area contributed by atoms with Crippen LogP contribution in [0.15, 0.2) is 72.9 Å². The van der Waals surface area contributed by atoms with Gasteiger partial charge < -0.3 is 10.3 Å². The van der Waals surface area contributed by atoms with Crippen molar-refractivity contribution in [1.82, 2.24) is 10.3 Å². The summed E-state index contributed by atoms with van der Waals surface area (Å²) in [4.78, 5) is 28.5. The van der Waals surface area contributed by atoms with Gasteiger partial charge in [0.2, 0.25) is 0 Å². The highest BCUT2D eigenvalue weighted by atomic mass is 35.5. The quantitative estimate of drug-likeness (QED) is 0.417. The molecule has 0 spiro atoms. The summed E-state index contributed by atoms with van der Waals surface area (Å²) in [5.41, 5.74) is 4.39. The molecule has 30 heavy (non-hydrogen) atoms. The number of aromatic amines is 1. The number of fused-ring (bicyclic) bond motifs is 1. The Hall–Kier alpha value is -3.37. The Kier molecular flexibility index (Phi) is 4.64. The van der Waals surface area contributed by atoms with Crippen molar-refractivity contribution in [2.45, 2.75) is 18.9 Å². The standard InChI is InChI=1S/C25H19ClN2O2/c26-22-12-9-17(25(30)28-18-10-11-18)13-20(22)15-5-7-16(8-6-15)24(29)21-14-27-23-4-2-1-3-19(21)23/h1-9,12-14,18,27H,10-11H2,(H,28,30). The first-order valence-electron chi connectivity index (χ1n) is 9.92. The molecule has 0 radical (unpaired) electrons. The SMILES string of the molecule is O=C(NC1CC1)c1ccc(Cl)c(-c2ccc(C(=O)c3c[nH]c4ccccc34)cc2)c1. The molecule has 0 bridgehead atoms. The van der Waals surface area contributed by atoms with Gasteiger partial charge in [-0.1, -0.05) is 54.1 Å². The number of nitrogens with one attached hydrogen (secondary N) is 2. The van der Waals surface area contributed by atoms with Gasteiger partial charge >= 0.3 is 0 Å². The molecular formula is C25H19ClN2O2. The molecule has 0 unspecified atom stereocenters. The van der Waals surface area contributed by atoms with Crippen LogP contribution in [0.2, 0.25) is 5.02 Å². The van der Waals surface area contributed by atoms with E-state index in [0.717, 1.165) is 34.9 Å². The Morgan fingerprint density at radius 3 is 2.43 bits per heavy atom. The van der Waals surface area contributed by atoms with Crippen LogP contribution >= 0.6 is 11.6 Å². The molecule has 0 atom stereocenters. The number of hydrogen-bond donors (Lipinski definition) is 2. The molecule has 1 fully saturated rings. The van der Waals surface area contributed by atoms with Crippen molar-refractivity contribution < 1.29 is 9.59 Å². The van der Waals surface area contributed by atoms with Gasteiger partial charge in [0.1, 0.15) is 0 Å². The van der Waals surface area contributed by atoms with Gasteiger partial charge in [0.25, 0.3) is 5.91 Å². The lowest BCUT2D eigenvalue weighted by Gasteiger charge is -2.09. The summed E-state index contributed by atoms with van der Waals surface area (Å²) in [7, 11) is 0. The monoisotopic (exact) mass is 414 g/mol. The number of ketones is 1. The van der Waals surface area contributed by atoms with Crippen LogP contribution in [0.25, 0.3) is 22.0 Å². The van der Waals surface area contributed by atoms with E-state index in [-0.39, 0.29) is 11.7 Å². The van der Waals surface area contributed by atoms with Crippen LogP contribution in [0.4, 0.5) is 0 Å². The van der Waals surface area contributed by atoms with Crippen LogP contribution in [-0.4, -0.2) is 22.7 Å². The largest absolute Gasteiger partial charge is 0.360 e. The molecule has 5 rings (SSSR count). The first-order valence-corrected chi connectivity index (χ1v) is 10.3. The second-order valence-electron chi connectivity index (χ2n) is 7.60. The lowest BCUT2D eigenvalue weighted by molar-refractivity contribution is 0.0950. The predicted octanol–water partition coefficient (Wildman–Crippen LogP) is 5.61. The minimum absolute atomic E-state index is 0.0392. The van der Waals surface area contributed by atoms with Gasteiger partial charge in [-0.3, -0.25) is 9.59 Å². The number of para-hydroxylation sites is 1. The van der Waals surface area contributed by atoms with Gasteiger partial charge in [0.15, 0.2) is 5.78 Å². The third-order valence-corrected chi connectivity index (χ3v) is 5.76. The Morgan fingerprint density at radius 1 is 0.933 bits per heavy atom. The van der Waals surface area contributed by atoms with Crippen LogP contribution in [0.5, 0.6) is 0 Å². The Bertz CT molecular complexity index is 1270. The van der Waals surface area contributed by atoms with E-state index in [1.165, 1.54) is 0 Å². The number of amides is 1. The van der Waals surface area contributed by atoms with E-state index in [1.54, 1.807) is 36.5 Å². The highest BCUT2D eigenvalue weighted by Crippen LogP contribution is 2.30. The van der Waals surface area contributed by atoms with Crippen molar-refractivity contribution in [2.75, 3.05) is 0 Å². The molecule has 1 saturated carbocycles. The molecule has 4 aromatic rings. The lowest BCUT2D eigenvalue weighted by Crippen LogP contribution is -2.25. The number of hydrogen-bond acceptors (Lipinski definition) is 2. The van der Waals surface area contributed by atoms with Crippen LogP contribution in [0, 0.1) is 0 Å². The minimum atomic E-state index is -0.0819. The fourth-order valence-electron chi connectivity index (χ4n) is 3.60.